The van der Waals surface area contributed by atoms with Gasteiger partial charge in [-0.05, 0) is 24.3 Å². The van der Waals surface area contributed by atoms with Crippen molar-refractivity contribution in [3.8, 4) is 0 Å². The van der Waals surface area contributed by atoms with Crippen LogP contribution in [0.1, 0.15) is 27.1 Å². The fourth-order valence-corrected chi connectivity index (χ4v) is 1.99. The van der Waals surface area contributed by atoms with Gasteiger partial charge in [-0.2, -0.15) is 0 Å². The predicted molar refractivity (Wildman–Crippen MR) is 91.4 cm³/mol. The molecular formula is C17H14N2O8. The second-order valence-electron chi connectivity index (χ2n) is 5.23. The molecule has 0 aromatic heterocycles. The first-order valence-corrected chi connectivity index (χ1v) is 7.71. The fraction of sp³-hybridized carbons (Fsp3) is 0.176. The molecule has 0 aliphatic carbocycles. The summed E-state index contributed by atoms with van der Waals surface area (Å²) in [5.74, 6) is -1.29. The molecule has 0 atom stereocenters. The number of hydrogen-bond donors (Lipinski definition) is 0. The van der Waals surface area contributed by atoms with Gasteiger partial charge in [-0.1, -0.05) is 0 Å². The summed E-state index contributed by atoms with van der Waals surface area (Å²) in [4.78, 5) is 43.5. The second-order valence-corrected chi connectivity index (χ2v) is 5.23. The van der Waals surface area contributed by atoms with Gasteiger partial charge in [-0.15, -0.1) is 0 Å². The van der Waals surface area contributed by atoms with Crippen LogP contribution in [0.2, 0.25) is 0 Å². The van der Waals surface area contributed by atoms with Gasteiger partial charge in [0.1, 0.15) is 0 Å². The van der Waals surface area contributed by atoms with Crippen molar-refractivity contribution in [2.45, 2.75) is 6.42 Å². The maximum absolute atomic E-state index is 11.8. The SMILES string of the molecule is O=C(OCCCOC(=O)c1ccc([N+](=O)[O-])cc1)c1ccc([N+](=O)[O-])cc1. The third-order valence-electron chi connectivity index (χ3n) is 3.38. The zero-order valence-corrected chi connectivity index (χ0v) is 13.9. The Labute approximate surface area is 152 Å². The van der Waals surface area contributed by atoms with Gasteiger partial charge in [-0.3, -0.25) is 20.2 Å². The van der Waals surface area contributed by atoms with Crippen LogP contribution >= 0.6 is 0 Å². The van der Waals surface area contributed by atoms with Gasteiger partial charge in [-0.25, -0.2) is 9.59 Å². The number of non-ortho nitro benzene ring substituents is 2. The van der Waals surface area contributed by atoms with Gasteiger partial charge in [0.25, 0.3) is 11.4 Å². The van der Waals surface area contributed by atoms with E-state index in [1.165, 1.54) is 48.5 Å². The zero-order chi connectivity index (χ0) is 19.8. The number of benzene rings is 2. The minimum Gasteiger partial charge on any atom is -0.462 e. The monoisotopic (exact) mass is 374 g/mol. The topological polar surface area (TPSA) is 139 Å². The third-order valence-corrected chi connectivity index (χ3v) is 3.38. The molecule has 10 heteroatoms. The summed E-state index contributed by atoms with van der Waals surface area (Å²) in [6.45, 7) is -0.0211. The number of nitro groups is 2. The van der Waals surface area contributed by atoms with Crippen molar-refractivity contribution >= 4 is 23.3 Å². The molecule has 0 radical (unpaired) electrons. The summed E-state index contributed by atoms with van der Waals surface area (Å²) in [7, 11) is 0. The van der Waals surface area contributed by atoms with E-state index in [-0.39, 0.29) is 42.1 Å². The van der Waals surface area contributed by atoms with E-state index in [9.17, 15) is 29.8 Å². The van der Waals surface area contributed by atoms with E-state index < -0.39 is 21.8 Å². The number of carbonyl (C=O) groups excluding carboxylic acids is 2. The highest BCUT2D eigenvalue weighted by Crippen LogP contribution is 2.14. The Morgan fingerprint density at radius 2 is 1.04 bits per heavy atom. The van der Waals surface area contributed by atoms with Crippen molar-refractivity contribution in [2.75, 3.05) is 13.2 Å². The summed E-state index contributed by atoms with van der Waals surface area (Å²) < 4.78 is 9.97. The molecule has 0 heterocycles. The van der Waals surface area contributed by atoms with Gasteiger partial charge in [0.2, 0.25) is 0 Å². The molecule has 2 aromatic rings. The van der Waals surface area contributed by atoms with E-state index in [2.05, 4.69) is 0 Å². The van der Waals surface area contributed by atoms with E-state index in [1.807, 2.05) is 0 Å². The van der Waals surface area contributed by atoms with E-state index in [0.717, 1.165) is 0 Å². The maximum Gasteiger partial charge on any atom is 0.338 e. The molecule has 2 aromatic carbocycles. The highest BCUT2D eigenvalue weighted by molar-refractivity contribution is 5.90. The van der Waals surface area contributed by atoms with Gasteiger partial charge in [0, 0.05) is 30.7 Å². The number of hydrogen-bond acceptors (Lipinski definition) is 8. The summed E-state index contributed by atoms with van der Waals surface area (Å²) in [5.41, 5.74) is 0.0707. The normalized spacial score (nSPS) is 10.1. The van der Waals surface area contributed by atoms with Crippen LogP contribution in [-0.4, -0.2) is 35.0 Å². The maximum atomic E-state index is 11.8. The van der Waals surface area contributed by atoms with Gasteiger partial charge < -0.3 is 9.47 Å². The Kier molecular flexibility index (Phi) is 6.53. The number of nitro benzene ring substituents is 2. The Bertz CT molecular complexity index is 775. The Morgan fingerprint density at radius 1 is 0.704 bits per heavy atom. The quantitative estimate of drug-likeness (QED) is 0.297. The molecule has 0 aliphatic rings. The van der Waals surface area contributed by atoms with Crippen molar-refractivity contribution in [1.82, 2.24) is 0 Å². The standard InChI is InChI=1S/C17H14N2O8/c20-16(12-2-6-14(7-3-12)18(22)23)26-10-1-11-27-17(21)13-4-8-15(9-5-13)19(24)25/h2-9H,1,10-11H2. The molecule has 0 N–H and O–H groups in total. The van der Waals surface area contributed by atoms with Crippen LogP contribution in [0.4, 0.5) is 11.4 Å². The summed E-state index contributed by atoms with van der Waals surface area (Å²) in [6, 6.07) is 9.94. The van der Waals surface area contributed by atoms with Crippen LogP contribution in [-0.2, 0) is 9.47 Å². The molecule has 27 heavy (non-hydrogen) atoms. The molecule has 0 amide bonds. The van der Waals surface area contributed by atoms with Crippen LogP contribution in [0.15, 0.2) is 48.5 Å². The van der Waals surface area contributed by atoms with E-state index in [4.69, 9.17) is 9.47 Å². The number of ether oxygens (including phenoxy) is 2. The largest absolute Gasteiger partial charge is 0.462 e. The second kappa shape index (κ2) is 9.04. The van der Waals surface area contributed by atoms with Crippen LogP contribution in [0.25, 0.3) is 0 Å². The van der Waals surface area contributed by atoms with Crippen molar-refractivity contribution in [2.24, 2.45) is 0 Å². The van der Waals surface area contributed by atoms with Crippen LogP contribution in [0, 0.1) is 20.2 Å². The summed E-state index contributed by atoms with van der Waals surface area (Å²) >= 11 is 0. The molecule has 0 bridgehead atoms. The molecule has 0 saturated carbocycles. The smallest absolute Gasteiger partial charge is 0.338 e. The number of carbonyl (C=O) groups is 2. The number of esters is 2. The Balaban J connectivity index is 1.71. The summed E-state index contributed by atoms with van der Waals surface area (Å²) in [5, 5.41) is 21.1. The van der Waals surface area contributed by atoms with E-state index >= 15 is 0 Å². The molecule has 140 valence electrons. The average molecular weight is 374 g/mol. The van der Waals surface area contributed by atoms with Crippen molar-refractivity contribution in [1.29, 1.82) is 0 Å². The lowest BCUT2D eigenvalue weighted by Gasteiger charge is -2.06. The Morgan fingerprint density at radius 3 is 1.33 bits per heavy atom. The van der Waals surface area contributed by atoms with E-state index in [0.29, 0.717) is 0 Å². The fourth-order valence-electron chi connectivity index (χ4n) is 1.99. The highest BCUT2D eigenvalue weighted by Gasteiger charge is 2.12. The minimum atomic E-state index is -0.647. The lowest BCUT2D eigenvalue weighted by atomic mass is 10.2. The summed E-state index contributed by atoms with van der Waals surface area (Å²) in [6.07, 6.45) is 0.247. The van der Waals surface area contributed by atoms with Crippen LogP contribution < -0.4 is 0 Å². The highest BCUT2D eigenvalue weighted by atomic mass is 16.6. The molecule has 0 spiro atoms. The van der Waals surface area contributed by atoms with Gasteiger partial charge >= 0.3 is 11.9 Å². The van der Waals surface area contributed by atoms with Crippen LogP contribution in [0.5, 0.6) is 0 Å². The van der Waals surface area contributed by atoms with Gasteiger partial charge in [0.15, 0.2) is 0 Å². The Hall–Kier alpha value is -3.82. The lowest BCUT2D eigenvalue weighted by Crippen LogP contribution is -2.11. The molecule has 2 rings (SSSR count). The van der Waals surface area contributed by atoms with Crippen LogP contribution in [0.3, 0.4) is 0 Å². The molecule has 0 saturated heterocycles. The first kappa shape index (κ1) is 19.5. The van der Waals surface area contributed by atoms with Crippen molar-refractivity contribution < 1.29 is 28.9 Å². The minimum absolute atomic E-state index is 0.0106. The van der Waals surface area contributed by atoms with E-state index in [1.54, 1.807) is 0 Å². The molecular weight excluding hydrogens is 360 g/mol. The predicted octanol–water partition coefficient (Wildman–Crippen LogP) is 2.91. The number of nitrogens with zero attached hydrogens (tertiary/aromatic N) is 2. The molecule has 0 aliphatic heterocycles. The van der Waals surface area contributed by atoms with Crippen molar-refractivity contribution in [3.63, 3.8) is 0 Å². The number of rotatable bonds is 8. The average Bonchev–Trinajstić information content (AvgIpc) is 2.67. The molecule has 0 unspecified atom stereocenters. The molecule has 0 fully saturated rings. The first-order chi connectivity index (χ1) is 12.9. The third kappa shape index (κ3) is 5.59. The first-order valence-electron chi connectivity index (χ1n) is 7.71. The zero-order valence-electron chi connectivity index (χ0n) is 13.9. The van der Waals surface area contributed by atoms with Crippen molar-refractivity contribution in [3.05, 3.63) is 79.9 Å². The lowest BCUT2D eigenvalue weighted by molar-refractivity contribution is -0.385. The van der Waals surface area contributed by atoms with Gasteiger partial charge in [0.05, 0.1) is 34.2 Å². The molecule has 10 nitrogen and oxygen atoms in total.